The number of methoxy groups -OCH3 is 2. The van der Waals surface area contributed by atoms with Gasteiger partial charge in [-0.25, -0.2) is 22.9 Å². The highest BCUT2D eigenvalue weighted by atomic mass is 35.5. The van der Waals surface area contributed by atoms with E-state index in [1.54, 1.807) is 18.2 Å². The van der Waals surface area contributed by atoms with Gasteiger partial charge in [0.15, 0.2) is 11.6 Å². The van der Waals surface area contributed by atoms with Gasteiger partial charge in [0.2, 0.25) is 16.0 Å². The molecule has 0 radical (unpaired) electrons. The first-order chi connectivity index (χ1) is 14.2. The Hall–Kier alpha value is -3.15. The number of anilines is 4. The van der Waals surface area contributed by atoms with Gasteiger partial charge in [0.05, 0.1) is 25.4 Å². The number of nitrogens with one attached hydrogen (secondary N) is 2. The lowest BCUT2D eigenvalue weighted by molar-refractivity contribution is 0.403. The average molecular weight is 454 g/mol. The summed E-state index contributed by atoms with van der Waals surface area (Å²) in [7, 11) is -1.22. The zero-order valence-corrected chi connectivity index (χ0v) is 17.4. The van der Waals surface area contributed by atoms with E-state index < -0.39 is 15.8 Å². The van der Waals surface area contributed by atoms with E-state index in [0.717, 1.165) is 6.20 Å². The normalized spacial score (nSPS) is 11.1. The van der Waals surface area contributed by atoms with Crippen LogP contribution in [0, 0.1) is 5.82 Å². The lowest BCUT2D eigenvalue weighted by atomic mass is 10.3. The zero-order valence-electron chi connectivity index (χ0n) is 15.8. The van der Waals surface area contributed by atoms with Gasteiger partial charge in [-0.2, -0.15) is 4.98 Å². The number of benzene rings is 2. The summed E-state index contributed by atoms with van der Waals surface area (Å²) in [6.45, 7) is 0. The molecule has 0 saturated carbocycles. The van der Waals surface area contributed by atoms with Crippen LogP contribution in [-0.2, 0) is 10.0 Å². The minimum Gasteiger partial charge on any atom is -0.495 e. The van der Waals surface area contributed by atoms with Gasteiger partial charge in [-0.05, 0) is 36.4 Å². The number of aromatic nitrogens is 2. The molecule has 0 atom stereocenters. The Labute approximate surface area is 177 Å². The number of ether oxygens (including phenoxy) is 2. The number of sulfonamides is 1. The third-order valence-electron chi connectivity index (χ3n) is 3.88. The summed E-state index contributed by atoms with van der Waals surface area (Å²) in [5, 5.41) is 11.2. The molecular weight excluding hydrogens is 437 g/mol. The highest BCUT2D eigenvalue weighted by Crippen LogP contribution is 2.30. The molecule has 3 aromatic rings. The number of nitrogens with two attached hydrogens (primary N) is 1. The summed E-state index contributed by atoms with van der Waals surface area (Å²) < 4.78 is 47.8. The minimum absolute atomic E-state index is 0.0176. The molecule has 0 aliphatic heterocycles. The van der Waals surface area contributed by atoms with Gasteiger partial charge in [-0.1, -0.05) is 11.6 Å². The van der Waals surface area contributed by atoms with Crippen molar-refractivity contribution in [2.45, 2.75) is 4.90 Å². The van der Waals surface area contributed by atoms with Crippen LogP contribution in [0.2, 0.25) is 5.02 Å². The van der Waals surface area contributed by atoms with Crippen molar-refractivity contribution in [2.75, 3.05) is 24.9 Å². The lowest BCUT2D eigenvalue weighted by Crippen LogP contribution is -2.14. The van der Waals surface area contributed by atoms with Gasteiger partial charge in [0.1, 0.15) is 16.4 Å². The maximum atomic E-state index is 14.2. The average Bonchev–Trinajstić information content (AvgIpc) is 2.70. The molecule has 0 aliphatic rings. The maximum absolute atomic E-state index is 14.2. The first-order valence-electron chi connectivity index (χ1n) is 8.32. The number of hydrogen-bond acceptors (Lipinski definition) is 8. The zero-order chi connectivity index (χ0) is 21.9. The highest BCUT2D eigenvalue weighted by molar-refractivity contribution is 7.89. The molecule has 0 unspecified atom stereocenters. The molecule has 0 saturated heterocycles. The fraction of sp³-hybridized carbons (Fsp3) is 0.111. The largest absolute Gasteiger partial charge is 0.495 e. The fourth-order valence-electron chi connectivity index (χ4n) is 2.50. The van der Waals surface area contributed by atoms with E-state index in [1.165, 1.54) is 32.4 Å². The molecule has 4 N–H and O–H groups in total. The quantitative estimate of drug-likeness (QED) is 0.496. The van der Waals surface area contributed by atoms with Crippen LogP contribution in [0.4, 0.5) is 27.5 Å². The molecule has 158 valence electrons. The first-order valence-corrected chi connectivity index (χ1v) is 10.2. The summed E-state index contributed by atoms with van der Waals surface area (Å²) in [4.78, 5) is 7.72. The molecule has 30 heavy (non-hydrogen) atoms. The van der Waals surface area contributed by atoms with E-state index in [-0.39, 0.29) is 22.4 Å². The summed E-state index contributed by atoms with van der Waals surface area (Å²) in [6, 6.07) is 9.03. The first kappa shape index (κ1) is 21.6. The SMILES string of the molecule is COc1ccc(Nc2nc(Nc3ccc(OC)c(S(N)(=O)=O)c3)ncc2F)cc1Cl. The van der Waals surface area contributed by atoms with Crippen LogP contribution in [0.15, 0.2) is 47.5 Å². The van der Waals surface area contributed by atoms with Gasteiger partial charge in [-0.3, -0.25) is 0 Å². The summed E-state index contributed by atoms with van der Waals surface area (Å²) >= 11 is 6.08. The molecule has 1 aromatic heterocycles. The fourth-order valence-corrected chi connectivity index (χ4v) is 3.48. The van der Waals surface area contributed by atoms with Crippen molar-refractivity contribution in [1.29, 1.82) is 0 Å². The molecule has 9 nitrogen and oxygen atoms in total. The van der Waals surface area contributed by atoms with Gasteiger partial charge in [0.25, 0.3) is 0 Å². The molecule has 2 aromatic carbocycles. The summed E-state index contributed by atoms with van der Waals surface area (Å²) in [5.74, 6) is -0.245. The third-order valence-corrected chi connectivity index (χ3v) is 5.11. The van der Waals surface area contributed by atoms with Crippen LogP contribution in [0.25, 0.3) is 0 Å². The van der Waals surface area contributed by atoms with E-state index in [9.17, 15) is 12.8 Å². The Kier molecular flexibility index (Phi) is 6.25. The molecule has 0 spiro atoms. The molecule has 0 aliphatic carbocycles. The van der Waals surface area contributed by atoms with Crippen LogP contribution in [-0.4, -0.2) is 32.6 Å². The van der Waals surface area contributed by atoms with Crippen LogP contribution >= 0.6 is 11.6 Å². The van der Waals surface area contributed by atoms with Gasteiger partial charge in [0, 0.05) is 11.4 Å². The molecule has 3 rings (SSSR count). The van der Waals surface area contributed by atoms with E-state index in [0.29, 0.717) is 22.1 Å². The van der Waals surface area contributed by atoms with Crippen LogP contribution < -0.4 is 25.2 Å². The Bertz CT molecular complexity index is 1190. The van der Waals surface area contributed by atoms with E-state index >= 15 is 0 Å². The topological polar surface area (TPSA) is 128 Å². The second-order valence-corrected chi connectivity index (χ2v) is 7.84. The van der Waals surface area contributed by atoms with Crippen molar-refractivity contribution >= 4 is 44.8 Å². The van der Waals surface area contributed by atoms with Crippen molar-refractivity contribution in [3.8, 4) is 11.5 Å². The van der Waals surface area contributed by atoms with Gasteiger partial charge in [-0.15, -0.1) is 0 Å². The monoisotopic (exact) mass is 453 g/mol. The van der Waals surface area contributed by atoms with Crippen molar-refractivity contribution in [2.24, 2.45) is 5.14 Å². The smallest absolute Gasteiger partial charge is 0.241 e. The second-order valence-electron chi connectivity index (χ2n) is 5.90. The Morgan fingerprint density at radius 1 is 1.03 bits per heavy atom. The van der Waals surface area contributed by atoms with Crippen molar-refractivity contribution in [3.63, 3.8) is 0 Å². The molecule has 1 heterocycles. The number of nitrogens with zero attached hydrogens (tertiary/aromatic N) is 2. The third kappa shape index (κ3) is 4.87. The maximum Gasteiger partial charge on any atom is 0.241 e. The van der Waals surface area contributed by atoms with Crippen LogP contribution in [0.1, 0.15) is 0 Å². The molecule has 0 amide bonds. The van der Waals surface area contributed by atoms with Crippen molar-refractivity contribution < 1.29 is 22.3 Å². The Morgan fingerprint density at radius 3 is 2.27 bits per heavy atom. The predicted octanol–water partition coefficient (Wildman–Crippen LogP) is 3.42. The number of halogens is 2. The Morgan fingerprint density at radius 2 is 1.67 bits per heavy atom. The molecule has 0 bridgehead atoms. The predicted molar refractivity (Wildman–Crippen MR) is 111 cm³/mol. The van der Waals surface area contributed by atoms with Crippen LogP contribution in [0.5, 0.6) is 11.5 Å². The molecule has 12 heteroatoms. The Balaban J connectivity index is 1.88. The van der Waals surface area contributed by atoms with Crippen molar-refractivity contribution in [1.82, 2.24) is 9.97 Å². The standard InChI is InChI=1S/C18H17ClFN5O4S/c1-28-14-5-3-10(7-12(14)19)23-17-13(20)9-22-18(25-17)24-11-4-6-15(29-2)16(8-11)30(21,26)27/h3-9H,1-2H3,(H2,21,26,27)(H2,22,23,24,25). The second kappa shape index (κ2) is 8.69. The molecular formula is C18H17ClFN5O4S. The van der Waals surface area contributed by atoms with E-state index in [1.807, 2.05) is 0 Å². The number of primary sulfonamides is 1. The van der Waals surface area contributed by atoms with E-state index in [2.05, 4.69) is 20.6 Å². The minimum atomic E-state index is -4.03. The highest BCUT2D eigenvalue weighted by Gasteiger charge is 2.16. The lowest BCUT2D eigenvalue weighted by Gasteiger charge is -2.12. The number of rotatable bonds is 7. The van der Waals surface area contributed by atoms with Crippen LogP contribution in [0.3, 0.4) is 0 Å². The summed E-state index contributed by atoms with van der Waals surface area (Å²) in [6.07, 6.45) is 0.965. The van der Waals surface area contributed by atoms with Crippen molar-refractivity contribution in [3.05, 3.63) is 53.4 Å². The molecule has 0 fully saturated rings. The number of hydrogen-bond donors (Lipinski definition) is 3. The summed E-state index contributed by atoms with van der Waals surface area (Å²) in [5.41, 5.74) is 0.787. The van der Waals surface area contributed by atoms with Gasteiger partial charge < -0.3 is 20.1 Å². The van der Waals surface area contributed by atoms with E-state index in [4.69, 9.17) is 26.2 Å². The van der Waals surface area contributed by atoms with Gasteiger partial charge >= 0.3 is 0 Å².